The highest BCUT2D eigenvalue weighted by Crippen LogP contribution is 2.30. The standard InChI is InChI=1S/C26H27N5O2S2/c1-26(2,3)19-9-7-18(8-10-19)24-29-30-25(31(24)20-11-13-21(33-4)14-12-20)35-17-23(32)28-27-16-22-6-5-15-34-22/h5-16H,17H2,1-4H3,(H,28,32)/b27-16+. The van der Waals surface area contributed by atoms with Crippen LogP contribution in [-0.4, -0.2) is 39.7 Å². The van der Waals surface area contributed by atoms with Crippen molar-refractivity contribution in [1.82, 2.24) is 20.2 Å². The summed E-state index contributed by atoms with van der Waals surface area (Å²) < 4.78 is 7.27. The van der Waals surface area contributed by atoms with E-state index in [1.165, 1.54) is 17.3 Å². The second-order valence-electron chi connectivity index (χ2n) is 8.76. The maximum Gasteiger partial charge on any atom is 0.250 e. The molecule has 0 unspecified atom stereocenters. The summed E-state index contributed by atoms with van der Waals surface area (Å²) in [6.07, 6.45) is 1.63. The summed E-state index contributed by atoms with van der Waals surface area (Å²) in [5.41, 5.74) is 5.69. The Morgan fingerprint density at radius 1 is 1.11 bits per heavy atom. The molecule has 0 atom stereocenters. The number of amides is 1. The van der Waals surface area contributed by atoms with Crippen LogP contribution in [0.5, 0.6) is 5.75 Å². The summed E-state index contributed by atoms with van der Waals surface area (Å²) in [4.78, 5) is 13.3. The van der Waals surface area contributed by atoms with Crippen molar-refractivity contribution in [2.45, 2.75) is 31.3 Å². The van der Waals surface area contributed by atoms with Crippen LogP contribution in [0.15, 0.2) is 76.3 Å². The Kier molecular flexibility index (Phi) is 7.67. The molecule has 9 heteroatoms. The highest BCUT2D eigenvalue weighted by molar-refractivity contribution is 7.99. The number of nitrogens with zero attached hydrogens (tertiary/aromatic N) is 4. The van der Waals surface area contributed by atoms with Crippen molar-refractivity contribution in [2.75, 3.05) is 12.9 Å². The van der Waals surface area contributed by atoms with Gasteiger partial charge in [0.25, 0.3) is 5.91 Å². The number of ether oxygens (including phenoxy) is 1. The van der Waals surface area contributed by atoms with Gasteiger partial charge in [-0.05, 0) is 46.7 Å². The highest BCUT2D eigenvalue weighted by Gasteiger charge is 2.19. The van der Waals surface area contributed by atoms with E-state index in [0.717, 1.165) is 21.9 Å². The van der Waals surface area contributed by atoms with Crippen LogP contribution in [0.3, 0.4) is 0 Å². The maximum absolute atomic E-state index is 12.4. The molecule has 7 nitrogen and oxygen atoms in total. The average Bonchev–Trinajstić information content (AvgIpc) is 3.52. The molecule has 0 spiro atoms. The monoisotopic (exact) mass is 505 g/mol. The smallest absolute Gasteiger partial charge is 0.250 e. The first-order valence-electron chi connectivity index (χ1n) is 11.0. The van der Waals surface area contributed by atoms with Crippen LogP contribution in [0.25, 0.3) is 17.1 Å². The van der Waals surface area contributed by atoms with Crippen LogP contribution >= 0.6 is 23.1 Å². The molecule has 0 radical (unpaired) electrons. The lowest BCUT2D eigenvalue weighted by Crippen LogP contribution is -2.19. The van der Waals surface area contributed by atoms with Crippen LogP contribution < -0.4 is 10.2 Å². The van der Waals surface area contributed by atoms with Crippen LogP contribution in [0.4, 0.5) is 0 Å². The van der Waals surface area contributed by atoms with E-state index < -0.39 is 0 Å². The predicted octanol–water partition coefficient (Wildman–Crippen LogP) is 5.54. The largest absolute Gasteiger partial charge is 0.497 e. The number of benzene rings is 2. The minimum Gasteiger partial charge on any atom is -0.497 e. The highest BCUT2D eigenvalue weighted by atomic mass is 32.2. The summed E-state index contributed by atoms with van der Waals surface area (Å²) in [5, 5.41) is 15.5. The van der Waals surface area contributed by atoms with Gasteiger partial charge in [0.15, 0.2) is 11.0 Å². The molecule has 2 aromatic carbocycles. The molecular weight excluding hydrogens is 478 g/mol. The van der Waals surface area contributed by atoms with Crippen molar-refractivity contribution in [2.24, 2.45) is 5.10 Å². The third-order valence-electron chi connectivity index (χ3n) is 5.23. The maximum atomic E-state index is 12.4. The molecule has 4 rings (SSSR count). The van der Waals surface area contributed by atoms with E-state index in [1.54, 1.807) is 24.7 Å². The van der Waals surface area contributed by atoms with Crippen molar-refractivity contribution in [3.05, 3.63) is 76.5 Å². The molecule has 0 aliphatic heterocycles. The Morgan fingerprint density at radius 3 is 2.49 bits per heavy atom. The molecule has 35 heavy (non-hydrogen) atoms. The van der Waals surface area contributed by atoms with E-state index in [4.69, 9.17) is 4.74 Å². The van der Waals surface area contributed by atoms with Crippen molar-refractivity contribution >= 4 is 35.2 Å². The van der Waals surface area contributed by atoms with Gasteiger partial charge in [-0.2, -0.15) is 5.10 Å². The van der Waals surface area contributed by atoms with Gasteiger partial charge in [-0.1, -0.05) is 62.9 Å². The van der Waals surface area contributed by atoms with Crippen molar-refractivity contribution in [1.29, 1.82) is 0 Å². The molecule has 1 N–H and O–H groups in total. The number of rotatable bonds is 8. The van der Waals surface area contributed by atoms with Crippen molar-refractivity contribution < 1.29 is 9.53 Å². The summed E-state index contributed by atoms with van der Waals surface area (Å²) in [6.45, 7) is 6.56. The number of aromatic nitrogens is 3. The molecule has 4 aromatic rings. The number of carbonyl (C=O) groups is 1. The fraction of sp³-hybridized carbons (Fsp3) is 0.231. The average molecular weight is 506 g/mol. The summed E-state index contributed by atoms with van der Waals surface area (Å²) >= 11 is 2.86. The summed E-state index contributed by atoms with van der Waals surface area (Å²) in [7, 11) is 1.64. The van der Waals surface area contributed by atoms with Crippen LogP contribution in [0.2, 0.25) is 0 Å². The van der Waals surface area contributed by atoms with Crippen molar-refractivity contribution in [3.8, 4) is 22.8 Å². The lowest BCUT2D eigenvalue weighted by molar-refractivity contribution is -0.118. The third-order valence-corrected chi connectivity index (χ3v) is 6.97. The number of hydrogen-bond donors (Lipinski definition) is 1. The molecule has 0 fully saturated rings. The van der Waals surface area contributed by atoms with E-state index in [-0.39, 0.29) is 17.1 Å². The normalized spacial score (nSPS) is 11.7. The molecule has 0 bridgehead atoms. The number of hydrogen-bond acceptors (Lipinski definition) is 7. The van der Waals surface area contributed by atoms with E-state index in [1.807, 2.05) is 46.3 Å². The fourth-order valence-electron chi connectivity index (χ4n) is 3.33. The Labute approximate surface area is 213 Å². The van der Waals surface area contributed by atoms with Gasteiger partial charge in [0.1, 0.15) is 5.75 Å². The number of carbonyl (C=O) groups excluding carboxylic acids is 1. The van der Waals surface area contributed by atoms with Crippen molar-refractivity contribution in [3.63, 3.8) is 0 Å². The lowest BCUT2D eigenvalue weighted by Gasteiger charge is -2.19. The van der Waals surface area contributed by atoms with E-state index in [0.29, 0.717) is 11.0 Å². The number of nitrogens with one attached hydrogen (secondary N) is 1. The van der Waals surface area contributed by atoms with Gasteiger partial charge < -0.3 is 4.74 Å². The van der Waals surface area contributed by atoms with E-state index in [2.05, 4.69) is 65.8 Å². The number of methoxy groups -OCH3 is 1. The molecule has 1 amide bonds. The van der Waals surface area contributed by atoms with Gasteiger partial charge in [-0.3, -0.25) is 9.36 Å². The second-order valence-corrected chi connectivity index (χ2v) is 10.7. The first-order chi connectivity index (χ1) is 16.8. The summed E-state index contributed by atoms with van der Waals surface area (Å²) in [5.74, 6) is 1.39. The molecule has 2 aromatic heterocycles. The van der Waals surface area contributed by atoms with Crippen LogP contribution in [-0.2, 0) is 10.2 Å². The molecule has 0 aliphatic rings. The minimum absolute atomic E-state index is 0.0581. The first-order valence-corrected chi connectivity index (χ1v) is 12.9. The minimum atomic E-state index is -0.219. The Hall–Kier alpha value is -3.43. The zero-order valence-corrected chi connectivity index (χ0v) is 21.7. The fourth-order valence-corrected chi connectivity index (χ4v) is 4.66. The Balaban J connectivity index is 1.58. The number of thioether (sulfide) groups is 1. The summed E-state index contributed by atoms with van der Waals surface area (Å²) in [6, 6.07) is 19.9. The molecule has 180 valence electrons. The quantitative estimate of drug-likeness (QED) is 0.193. The topological polar surface area (TPSA) is 81.4 Å². The van der Waals surface area contributed by atoms with Crippen LogP contribution in [0, 0.1) is 0 Å². The van der Waals surface area contributed by atoms with E-state index >= 15 is 0 Å². The zero-order valence-electron chi connectivity index (χ0n) is 20.1. The molecular formula is C26H27N5O2S2. The molecule has 0 aliphatic carbocycles. The Bertz CT molecular complexity index is 1290. The Morgan fingerprint density at radius 2 is 1.86 bits per heavy atom. The zero-order chi connectivity index (χ0) is 24.8. The predicted molar refractivity (Wildman–Crippen MR) is 143 cm³/mol. The van der Waals surface area contributed by atoms with Gasteiger partial charge in [0.05, 0.1) is 19.1 Å². The number of hydrazone groups is 1. The number of thiophene rings is 1. The van der Waals surface area contributed by atoms with Gasteiger partial charge >= 0.3 is 0 Å². The molecule has 0 saturated heterocycles. The molecule has 0 saturated carbocycles. The van der Waals surface area contributed by atoms with Gasteiger partial charge in [-0.25, -0.2) is 5.43 Å². The lowest BCUT2D eigenvalue weighted by atomic mass is 9.87. The van der Waals surface area contributed by atoms with Gasteiger partial charge in [-0.15, -0.1) is 21.5 Å². The van der Waals surface area contributed by atoms with Gasteiger partial charge in [0.2, 0.25) is 0 Å². The SMILES string of the molecule is COc1ccc(-n2c(SCC(=O)N/N=C/c3cccs3)nnc2-c2ccc(C(C)(C)C)cc2)cc1. The van der Waals surface area contributed by atoms with Crippen LogP contribution in [0.1, 0.15) is 31.2 Å². The molecule has 2 heterocycles. The van der Waals surface area contributed by atoms with E-state index in [9.17, 15) is 4.79 Å². The third kappa shape index (κ3) is 6.17. The second kappa shape index (κ2) is 10.9. The first kappa shape index (κ1) is 24.7. The van der Waals surface area contributed by atoms with Gasteiger partial charge in [0, 0.05) is 16.1 Å².